The largest absolute Gasteiger partial charge is 0.491 e. The van der Waals surface area contributed by atoms with Crippen LogP contribution >= 0.6 is 23.4 Å². The van der Waals surface area contributed by atoms with Crippen LogP contribution in [-0.4, -0.2) is 21.9 Å². The Morgan fingerprint density at radius 2 is 1.96 bits per heavy atom. The van der Waals surface area contributed by atoms with Crippen molar-refractivity contribution in [3.05, 3.63) is 76.6 Å². The summed E-state index contributed by atoms with van der Waals surface area (Å²) in [5.74, 6) is 1.30. The number of para-hydroxylation sites is 2. The molecule has 0 aliphatic carbocycles. The highest BCUT2D eigenvalue weighted by Crippen LogP contribution is 2.24. The Hall–Kier alpha value is -2.24. The number of thioether (sulfide) groups is 1. The maximum absolute atomic E-state index is 12.7. The lowest BCUT2D eigenvalue weighted by atomic mass is 10.2. The van der Waals surface area contributed by atoms with E-state index in [0.717, 1.165) is 0 Å². The Kier molecular flexibility index (Phi) is 5.79. The third-order valence-corrected chi connectivity index (χ3v) is 4.80. The molecule has 4 nitrogen and oxygen atoms in total. The SMILES string of the molecule is C=CCn1c(SCCOc2ccccc2Cl)nc2ccccc2c1=O. The van der Waals surface area contributed by atoms with Gasteiger partial charge in [-0.1, -0.05) is 53.7 Å². The van der Waals surface area contributed by atoms with Crippen molar-refractivity contribution < 1.29 is 4.74 Å². The van der Waals surface area contributed by atoms with Crippen molar-refractivity contribution in [1.82, 2.24) is 9.55 Å². The lowest BCUT2D eigenvalue weighted by Gasteiger charge is -2.12. The van der Waals surface area contributed by atoms with Gasteiger partial charge in [0.2, 0.25) is 0 Å². The minimum Gasteiger partial charge on any atom is -0.491 e. The minimum absolute atomic E-state index is 0.0555. The number of ether oxygens (including phenoxy) is 1. The number of benzene rings is 2. The predicted molar refractivity (Wildman–Crippen MR) is 104 cm³/mol. The molecule has 0 radical (unpaired) electrons. The number of hydrogen-bond donors (Lipinski definition) is 0. The molecule has 0 unspecified atom stereocenters. The average molecular weight is 373 g/mol. The first-order valence-electron chi connectivity index (χ1n) is 7.81. The zero-order valence-corrected chi connectivity index (χ0v) is 15.1. The van der Waals surface area contributed by atoms with E-state index in [1.54, 1.807) is 22.8 Å². The van der Waals surface area contributed by atoms with E-state index in [-0.39, 0.29) is 5.56 Å². The summed E-state index contributed by atoms with van der Waals surface area (Å²) in [6.07, 6.45) is 1.70. The van der Waals surface area contributed by atoms with Gasteiger partial charge in [0.15, 0.2) is 5.16 Å². The Labute approximate surface area is 155 Å². The lowest BCUT2D eigenvalue weighted by Crippen LogP contribution is -2.23. The van der Waals surface area contributed by atoms with Gasteiger partial charge >= 0.3 is 0 Å². The summed E-state index contributed by atoms with van der Waals surface area (Å²) in [5, 5.41) is 1.85. The molecule has 3 aromatic rings. The van der Waals surface area contributed by atoms with E-state index < -0.39 is 0 Å². The second-order valence-corrected chi connectivity index (χ2v) is 6.71. The molecule has 6 heteroatoms. The van der Waals surface area contributed by atoms with Crippen LogP contribution in [0.1, 0.15) is 0 Å². The van der Waals surface area contributed by atoms with Crippen LogP contribution in [0.3, 0.4) is 0 Å². The lowest BCUT2D eigenvalue weighted by molar-refractivity contribution is 0.344. The molecule has 0 bridgehead atoms. The van der Waals surface area contributed by atoms with Gasteiger partial charge in [0.25, 0.3) is 5.56 Å². The molecule has 0 spiro atoms. The minimum atomic E-state index is -0.0555. The van der Waals surface area contributed by atoms with Gasteiger partial charge in [-0.05, 0) is 24.3 Å². The van der Waals surface area contributed by atoms with Crippen molar-refractivity contribution in [2.75, 3.05) is 12.4 Å². The van der Waals surface area contributed by atoms with Crippen LogP contribution < -0.4 is 10.3 Å². The standard InChI is InChI=1S/C19H17ClN2O2S/c1-2-11-22-18(23)14-7-3-5-9-16(14)21-19(22)25-13-12-24-17-10-6-4-8-15(17)20/h2-10H,1,11-13H2. The first kappa shape index (κ1) is 17.6. The highest BCUT2D eigenvalue weighted by atomic mass is 35.5. The van der Waals surface area contributed by atoms with Crippen LogP contribution in [0, 0.1) is 0 Å². The fourth-order valence-electron chi connectivity index (χ4n) is 2.39. The van der Waals surface area contributed by atoms with Gasteiger partial charge in [-0.25, -0.2) is 4.98 Å². The van der Waals surface area contributed by atoms with Crippen LogP contribution in [0.4, 0.5) is 0 Å². The highest BCUT2D eigenvalue weighted by molar-refractivity contribution is 7.99. The molecule has 0 aliphatic heterocycles. The van der Waals surface area contributed by atoms with E-state index in [1.165, 1.54) is 11.8 Å². The van der Waals surface area contributed by atoms with Gasteiger partial charge in [-0.15, -0.1) is 6.58 Å². The maximum Gasteiger partial charge on any atom is 0.262 e. The van der Waals surface area contributed by atoms with Gasteiger partial charge in [0, 0.05) is 12.3 Å². The second kappa shape index (κ2) is 8.23. The summed E-state index contributed by atoms with van der Waals surface area (Å²) in [6.45, 7) is 4.61. The Bertz CT molecular complexity index is 956. The van der Waals surface area contributed by atoms with Crippen LogP contribution in [0.2, 0.25) is 5.02 Å². The second-order valence-electron chi connectivity index (χ2n) is 5.24. The van der Waals surface area contributed by atoms with E-state index in [2.05, 4.69) is 11.6 Å². The van der Waals surface area contributed by atoms with Gasteiger partial charge < -0.3 is 4.74 Å². The molecule has 0 N–H and O–H groups in total. The average Bonchev–Trinajstić information content (AvgIpc) is 2.63. The summed E-state index contributed by atoms with van der Waals surface area (Å²) < 4.78 is 7.32. The smallest absolute Gasteiger partial charge is 0.262 e. The molecule has 25 heavy (non-hydrogen) atoms. The molecule has 1 heterocycles. The third kappa shape index (κ3) is 4.06. The summed E-state index contributed by atoms with van der Waals surface area (Å²) in [4.78, 5) is 17.3. The van der Waals surface area contributed by atoms with E-state index in [1.807, 2.05) is 36.4 Å². The molecule has 0 amide bonds. The number of rotatable bonds is 7. The Morgan fingerprint density at radius 3 is 2.76 bits per heavy atom. The van der Waals surface area contributed by atoms with Crippen LogP contribution in [0.5, 0.6) is 5.75 Å². The van der Waals surface area contributed by atoms with Crippen molar-refractivity contribution in [2.45, 2.75) is 11.7 Å². The summed E-state index contributed by atoms with van der Waals surface area (Å²) in [7, 11) is 0. The van der Waals surface area contributed by atoms with Crippen molar-refractivity contribution in [3.8, 4) is 5.75 Å². The fraction of sp³-hybridized carbons (Fsp3) is 0.158. The highest BCUT2D eigenvalue weighted by Gasteiger charge is 2.10. The summed E-state index contributed by atoms with van der Waals surface area (Å²) in [5.41, 5.74) is 0.641. The number of allylic oxidation sites excluding steroid dienone is 1. The number of nitrogens with zero attached hydrogens (tertiary/aromatic N) is 2. The maximum atomic E-state index is 12.7. The van der Waals surface area contributed by atoms with E-state index in [9.17, 15) is 4.79 Å². The van der Waals surface area contributed by atoms with Gasteiger partial charge in [-0.3, -0.25) is 9.36 Å². The fourth-order valence-corrected chi connectivity index (χ4v) is 3.41. The Balaban J connectivity index is 1.76. The monoisotopic (exact) mass is 372 g/mol. The van der Waals surface area contributed by atoms with Crippen LogP contribution in [0.25, 0.3) is 10.9 Å². The zero-order chi connectivity index (χ0) is 17.6. The van der Waals surface area contributed by atoms with Crippen LogP contribution in [-0.2, 0) is 6.54 Å². The molecule has 2 aromatic carbocycles. The molecule has 0 saturated carbocycles. The zero-order valence-electron chi connectivity index (χ0n) is 13.5. The predicted octanol–water partition coefficient (Wildman–Crippen LogP) is 4.41. The summed E-state index contributed by atoms with van der Waals surface area (Å²) >= 11 is 7.55. The molecule has 0 atom stereocenters. The van der Waals surface area contributed by atoms with Crippen molar-refractivity contribution in [3.63, 3.8) is 0 Å². The van der Waals surface area contributed by atoms with Gasteiger partial charge in [0.05, 0.1) is 22.5 Å². The van der Waals surface area contributed by atoms with Crippen LogP contribution in [0.15, 0.2) is 71.1 Å². The Morgan fingerprint density at radius 1 is 1.20 bits per heavy atom. The van der Waals surface area contributed by atoms with Crippen molar-refractivity contribution >= 4 is 34.3 Å². The molecule has 0 aliphatic rings. The molecule has 1 aromatic heterocycles. The molecule has 3 rings (SSSR count). The molecule has 0 fully saturated rings. The first-order valence-corrected chi connectivity index (χ1v) is 9.17. The number of halogens is 1. The molecule has 0 saturated heterocycles. The number of aromatic nitrogens is 2. The number of fused-ring (bicyclic) bond motifs is 1. The quantitative estimate of drug-likeness (QED) is 0.267. The molecule has 128 valence electrons. The first-order chi connectivity index (χ1) is 12.2. The third-order valence-electron chi connectivity index (χ3n) is 3.55. The van der Waals surface area contributed by atoms with Crippen molar-refractivity contribution in [1.29, 1.82) is 0 Å². The van der Waals surface area contributed by atoms with Gasteiger partial charge in [0.1, 0.15) is 5.75 Å². The van der Waals surface area contributed by atoms with E-state index >= 15 is 0 Å². The van der Waals surface area contributed by atoms with Gasteiger partial charge in [-0.2, -0.15) is 0 Å². The van der Waals surface area contributed by atoms with E-state index in [4.69, 9.17) is 16.3 Å². The van der Waals surface area contributed by atoms with E-state index in [0.29, 0.717) is 45.7 Å². The topological polar surface area (TPSA) is 44.1 Å². The molecular formula is C19H17ClN2O2S. The van der Waals surface area contributed by atoms with Crippen molar-refractivity contribution in [2.24, 2.45) is 0 Å². The summed E-state index contributed by atoms with van der Waals surface area (Å²) in [6, 6.07) is 14.7. The normalized spacial score (nSPS) is 10.8. The number of hydrogen-bond acceptors (Lipinski definition) is 4. The molecular weight excluding hydrogens is 356 g/mol.